The number of carbonyl (C=O) groups is 2. The zero-order valence-corrected chi connectivity index (χ0v) is 9.84. The van der Waals surface area contributed by atoms with Gasteiger partial charge in [-0.05, 0) is 18.2 Å². The van der Waals surface area contributed by atoms with Crippen LogP contribution in [0.15, 0.2) is 23.1 Å². The molecule has 1 aromatic rings. The Bertz CT molecular complexity index is 459. The molecule has 5 heteroatoms. The lowest BCUT2D eigenvalue weighted by Gasteiger charge is -2.25. The van der Waals surface area contributed by atoms with Crippen molar-refractivity contribution in [1.82, 2.24) is 0 Å². The highest BCUT2D eigenvalue weighted by atomic mass is 32.2. The van der Waals surface area contributed by atoms with Gasteiger partial charge in [0.2, 0.25) is 5.91 Å². The Labute approximate surface area is 97.6 Å². The molecule has 0 bridgehead atoms. The van der Waals surface area contributed by atoms with E-state index in [1.54, 1.807) is 30.1 Å². The van der Waals surface area contributed by atoms with Crippen LogP contribution in [0.5, 0.6) is 0 Å². The summed E-state index contributed by atoms with van der Waals surface area (Å²) in [5.74, 6) is 0.125. The third kappa shape index (κ3) is 1.78. The van der Waals surface area contributed by atoms with E-state index >= 15 is 0 Å². The fraction of sp³-hybridized carbons (Fsp3) is 0.273. The van der Waals surface area contributed by atoms with Crippen molar-refractivity contribution in [2.45, 2.75) is 4.90 Å². The number of methoxy groups -OCH3 is 1. The number of benzene rings is 1. The number of fused-ring (bicyclic) bond motifs is 1. The summed E-state index contributed by atoms with van der Waals surface area (Å²) >= 11 is 1.44. The molecule has 1 heterocycles. The maximum Gasteiger partial charge on any atom is 0.337 e. The molecular formula is C11H11NO3S. The summed E-state index contributed by atoms with van der Waals surface area (Å²) in [6.45, 7) is 0. The summed E-state index contributed by atoms with van der Waals surface area (Å²) in [7, 11) is 3.09. The second-order valence-corrected chi connectivity index (χ2v) is 4.43. The molecule has 0 atom stereocenters. The standard InChI is InChI=1S/C11H11NO3S/c1-12-8-4-3-7(11(14)15-2)5-9(8)16-6-10(12)13/h3-5H,6H2,1-2H3. The third-order valence-electron chi connectivity index (χ3n) is 2.47. The van der Waals surface area contributed by atoms with Crippen molar-refractivity contribution in [3.63, 3.8) is 0 Å². The van der Waals surface area contributed by atoms with E-state index in [-0.39, 0.29) is 11.9 Å². The topological polar surface area (TPSA) is 46.6 Å². The summed E-state index contributed by atoms with van der Waals surface area (Å²) in [6, 6.07) is 5.20. The Morgan fingerprint density at radius 3 is 2.94 bits per heavy atom. The van der Waals surface area contributed by atoms with Crippen LogP contribution in [0.4, 0.5) is 5.69 Å². The Kier molecular flexibility index (Phi) is 2.87. The molecule has 1 aliphatic heterocycles. The molecule has 0 saturated carbocycles. The third-order valence-corrected chi connectivity index (χ3v) is 3.50. The largest absolute Gasteiger partial charge is 0.465 e. The molecule has 0 N–H and O–H groups in total. The molecule has 0 spiro atoms. The summed E-state index contributed by atoms with van der Waals surface area (Å²) in [6.07, 6.45) is 0. The van der Waals surface area contributed by atoms with Crippen LogP contribution in [-0.2, 0) is 9.53 Å². The van der Waals surface area contributed by atoms with Gasteiger partial charge in [0.05, 0.1) is 24.1 Å². The average molecular weight is 237 g/mol. The minimum atomic E-state index is -0.358. The molecule has 0 aliphatic carbocycles. The predicted octanol–water partition coefficient (Wildman–Crippen LogP) is 1.54. The molecule has 84 valence electrons. The highest BCUT2D eigenvalue weighted by molar-refractivity contribution is 8.00. The maximum absolute atomic E-state index is 11.4. The van der Waals surface area contributed by atoms with Gasteiger partial charge < -0.3 is 9.64 Å². The normalized spacial score (nSPS) is 14.6. The Morgan fingerprint density at radius 1 is 1.50 bits per heavy atom. The molecule has 1 aromatic carbocycles. The molecular weight excluding hydrogens is 226 g/mol. The van der Waals surface area contributed by atoms with Crippen molar-refractivity contribution in [2.24, 2.45) is 0 Å². The second kappa shape index (κ2) is 4.17. The Morgan fingerprint density at radius 2 is 2.25 bits per heavy atom. The first kappa shape index (κ1) is 11.0. The van der Waals surface area contributed by atoms with Gasteiger partial charge in [-0.25, -0.2) is 4.79 Å². The van der Waals surface area contributed by atoms with Gasteiger partial charge in [0.25, 0.3) is 0 Å². The van der Waals surface area contributed by atoms with Gasteiger partial charge in [-0.2, -0.15) is 0 Å². The smallest absolute Gasteiger partial charge is 0.337 e. The average Bonchev–Trinajstić information content (AvgIpc) is 2.32. The molecule has 0 unspecified atom stereocenters. The number of carbonyl (C=O) groups excluding carboxylic acids is 2. The van der Waals surface area contributed by atoms with Crippen molar-refractivity contribution < 1.29 is 14.3 Å². The number of amides is 1. The van der Waals surface area contributed by atoms with Crippen LogP contribution < -0.4 is 4.90 Å². The first-order chi connectivity index (χ1) is 7.63. The first-order valence-corrected chi connectivity index (χ1v) is 5.74. The van der Waals surface area contributed by atoms with Gasteiger partial charge in [0, 0.05) is 11.9 Å². The van der Waals surface area contributed by atoms with E-state index in [2.05, 4.69) is 4.74 Å². The van der Waals surface area contributed by atoms with E-state index in [4.69, 9.17) is 0 Å². The van der Waals surface area contributed by atoms with Crippen LogP contribution >= 0.6 is 11.8 Å². The van der Waals surface area contributed by atoms with Gasteiger partial charge >= 0.3 is 5.97 Å². The lowest BCUT2D eigenvalue weighted by atomic mass is 10.2. The van der Waals surface area contributed by atoms with E-state index in [0.29, 0.717) is 11.3 Å². The number of anilines is 1. The van der Waals surface area contributed by atoms with Crippen molar-refractivity contribution in [2.75, 3.05) is 24.8 Å². The van der Waals surface area contributed by atoms with E-state index < -0.39 is 0 Å². The van der Waals surface area contributed by atoms with Gasteiger partial charge in [-0.3, -0.25) is 4.79 Å². The van der Waals surface area contributed by atoms with E-state index in [0.717, 1.165) is 10.6 Å². The summed E-state index contributed by atoms with van der Waals surface area (Å²) < 4.78 is 4.65. The maximum atomic E-state index is 11.4. The van der Waals surface area contributed by atoms with E-state index in [1.165, 1.54) is 18.9 Å². The van der Waals surface area contributed by atoms with Crippen molar-refractivity contribution >= 4 is 29.3 Å². The molecule has 2 rings (SSSR count). The van der Waals surface area contributed by atoms with Gasteiger partial charge in [-0.1, -0.05) is 0 Å². The van der Waals surface area contributed by atoms with Crippen molar-refractivity contribution in [1.29, 1.82) is 0 Å². The van der Waals surface area contributed by atoms with Crippen LogP contribution in [-0.4, -0.2) is 31.8 Å². The van der Waals surface area contributed by atoms with Crippen LogP contribution in [0.1, 0.15) is 10.4 Å². The van der Waals surface area contributed by atoms with Gasteiger partial charge in [0.1, 0.15) is 0 Å². The van der Waals surface area contributed by atoms with Crippen LogP contribution in [0.2, 0.25) is 0 Å². The quantitative estimate of drug-likeness (QED) is 0.695. The molecule has 0 radical (unpaired) electrons. The summed E-state index contributed by atoms with van der Waals surface area (Å²) in [5, 5.41) is 0. The SMILES string of the molecule is COC(=O)c1ccc2c(c1)SCC(=O)N2C. The molecule has 0 saturated heterocycles. The number of thioether (sulfide) groups is 1. The van der Waals surface area contributed by atoms with Gasteiger partial charge in [0.15, 0.2) is 0 Å². The Hall–Kier alpha value is -1.49. The lowest BCUT2D eigenvalue weighted by Crippen LogP contribution is -2.31. The minimum absolute atomic E-state index is 0.0725. The number of nitrogens with zero attached hydrogens (tertiary/aromatic N) is 1. The predicted molar refractivity (Wildman–Crippen MR) is 61.9 cm³/mol. The molecule has 16 heavy (non-hydrogen) atoms. The second-order valence-electron chi connectivity index (χ2n) is 3.42. The lowest BCUT2D eigenvalue weighted by molar-refractivity contribution is -0.116. The summed E-state index contributed by atoms with van der Waals surface area (Å²) in [4.78, 5) is 25.3. The molecule has 1 aliphatic rings. The van der Waals surface area contributed by atoms with E-state index in [9.17, 15) is 9.59 Å². The zero-order chi connectivity index (χ0) is 11.7. The highest BCUT2D eigenvalue weighted by Gasteiger charge is 2.22. The zero-order valence-electron chi connectivity index (χ0n) is 9.02. The van der Waals surface area contributed by atoms with Crippen molar-refractivity contribution in [3.8, 4) is 0 Å². The fourth-order valence-electron chi connectivity index (χ4n) is 1.52. The Balaban J connectivity index is 2.41. The van der Waals surface area contributed by atoms with Crippen LogP contribution in [0.3, 0.4) is 0 Å². The summed E-state index contributed by atoms with van der Waals surface area (Å²) in [5.41, 5.74) is 1.35. The number of rotatable bonds is 1. The minimum Gasteiger partial charge on any atom is -0.465 e. The monoisotopic (exact) mass is 237 g/mol. The number of hydrogen-bond acceptors (Lipinski definition) is 4. The number of ether oxygens (including phenoxy) is 1. The fourth-order valence-corrected chi connectivity index (χ4v) is 2.56. The molecule has 1 amide bonds. The molecule has 4 nitrogen and oxygen atoms in total. The highest BCUT2D eigenvalue weighted by Crippen LogP contribution is 2.35. The van der Waals surface area contributed by atoms with E-state index in [1.807, 2.05) is 0 Å². The van der Waals surface area contributed by atoms with Crippen LogP contribution in [0, 0.1) is 0 Å². The molecule has 0 aromatic heterocycles. The van der Waals surface area contributed by atoms with Gasteiger partial charge in [-0.15, -0.1) is 11.8 Å². The van der Waals surface area contributed by atoms with Crippen LogP contribution in [0.25, 0.3) is 0 Å². The number of hydrogen-bond donors (Lipinski definition) is 0. The first-order valence-electron chi connectivity index (χ1n) is 4.75. The molecule has 0 fully saturated rings. The number of esters is 1. The van der Waals surface area contributed by atoms with Crippen molar-refractivity contribution in [3.05, 3.63) is 23.8 Å².